The molecule has 5 heteroatoms. The summed E-state index contributed by atoms with van der Waals surface area (Å²) in [6, 6.07) is 3.87. The van der Waals surface area contributed by atoms with Gasteiger partial charge in [-0.1, -0.05) is 0 Å². The molecule has 0 saturated carbocycles. The minimum atomic E-state index is -0.872. The normalized spacial score (nSPS) is 20.8. The summed E-state index contributed by atoms with van der Waals surface area (Å²) in [6.45, 7) is 1.45. The molecule has 0 bridgehead atoms. The molecule has 1 heterocycles. The van der Waals surface area contributed by atoms with E-state index in [-0.39, 0.29) is 6.04 Å². The van der Waals surface area contributed by atoms with Crippen molar-refractivity contribution < 1.29 is 13.5 Å². The highest BCUT2D eigenvalue weighted by Crippen LogP contribution is 2.16. The van der Waals surface area contributed by atoms with Crippen LogP contribution < -0.4 is 10.1 Å². The minimum Gasteiger partial charge on any atom is -0.492 e. The number of ether oxygens (including phenoxy) is 1. The first-order valence-electron chi connectivity index (χ1n) is 5.14. The van der Waals surface area contributed by atoms with Gasteiger partial charge in [-0.25, -0.2) is 8.78 Å². The van der Waals surface area contributed by atoms with Crippen molar-refractivity contribution in [3.05, 3.63) is 29.8 Å². The van der Waals surface area contributed by atoms with Crippen molar-refractivity contribution in [1.29, 1.82) is 0 Å². The van der Waals surface area contributed by atoms with E-state index in [9.17, 15) is 8.78 Å². The summed E-state index contributed by atoms with van der Waals surface area (Å²) in [6.07, 6.45) is 0. The molecule has 88 valence electrons. The lowest BCUT2D eigenvalue weighted by atomic mass is 10.3. The molecule has 0 radical (unpaired) electrons. The summed E-state index contributed by atoms with van der Waals surface area (Å²) in [4.78, 5) is 0. The number of nitrogens with one attached hydrogen (secondary N) is 1. The number of halogens is 2. The van der Waals surface area contributed by atoms with Crippen LogP contribution in [0.2, 0.25) is 0 Å². The van der Waals surface area contributed by atoms with Crippen LogP contribution in [-0.4, -0.2) is 30.7 Å². The molecule has 1 saturated heterocycles. The maximum absolute atomic E-state index is 12.9. The van der Waals surface area contributed by atoms with Crippen LogP contribution in [0.25, 0.3) is 0 Å². The Balaban J connectivity index is 1.86. The molecule has 1 aliphatic heterocycles. The molecule has 2 nitrogen and oxygen atoms in total. The topological polar surface area (TPSA) is 21.3 Å². The van der Waals surface area contributed by atoms with Gasteiger partial charge in [0.1, 0.15) is 12.4 Å². The van der Waals surface area contributed by atoms with Crippen LogP contribution in [-0.2, 0) is 0 Å². The lowest BCUT2D eigenvalue weighted by Gasteiger charge is -2.23. The van der Waals surface area contributed by atoms with Crippen molar-refractivity contribution >= 4 is 11.8 Å². The zero-order valence-corrected chi connectivity index (χ0v) is 9.53. The van der Waals surface area contributed by atoms with Crippen LogP contribution >= 0.6 is 11.8 Å². The maximum Gasteiger partial charge on any atom is 0.162 e. The molecule has 16 heavy (non-hydrogen) atoms. The van der Waals surface area contributed by atoms with Gasteiger partial charge in [-0.3, -0.25) is 0 Å². The molecule has 0 spiro atoms. The molecular weight excluding hydrogens is 232 g/mol. The highest BCUT2D eigenvalue weighted by atomic mass is 32.2. The quantitative estimate of drug-likeness (QED) is 0.880. The minimum absolute atomic E-state index is 0.284. The number of hydrogen-bond acceptors (Lipinski definition) is 3. The third-order valence-corrected chi connectivity index (χ3v) is 3.47. The van der Waals surface area contributed by atoms with Crippen molar-refractivity contribution in [2.24, 2.45) is 0 Å². The van der Waals surface area contributed by atoms with Crippen molar-refractivity contribution in [2.45, 2.75) is 6.04 Å². The van der Waals surface area contributed by atoms with Gasteiger partial charge < -0.3 is 10.1 Å². The van der Waals surface area contributed by atoms with Gasteiger partial charge in [-0.2, -0.15) is 11.8 Å². The van der Waals surface area contributed by atoms with Crippen molar-refractivity contribution in [1.82, 2.24) is 5.32 Å². The molecule has 1 unspecified atom stereocenters. The molecule has 1 N–H and O–H groups in total. The molecule has 0 amide bonds. The Morgan fingerprint density at radius 1 is 1.38 bits per heavy atom. The van der Waals surface area contributed by atoms with Gasteiger partial charge in [-0.05, 0) is 12.1 Å². The maximum atomic E-state index is 12.9. The fourth-order valence-electron chi connectivity index (χ4n) is 1.49. The van der Waals surface area contributed by atoms with Crippen molar-refractivity contribution in [3.8, 4) is 5.75 Å². The van der Waals surface area contributed by atoms with Gasteiger partial charge in [0.25, 0.3) is 0 Å². The van der Waals surface area contributed by atoms with Gasteiger partial charge in [0.2, 0.25) is 0 Å². The fraction of sp³-hybridized carbons (Fsp3) is 0.455. The fourth-order valence-corrected chi connectivity index (χ4v) is 2.42. The number of thioether (sulfide) groups is 1. The molecule has 1 atom stereocenters. The molecule has 2 rings (SSSR count). The van der Waals surface area contributed by atoms with Gasteiger partial charge in [-0.15, -0.1) is 0 Å². The number of hydrogen-bond donors (Lipinski definition) is 1. The monoisotopic (exact) mass is 245 g/mol. The Kier molecular flexibility index (Phi) is 4.01. The highest BCUT2D eigenvalue weighted by Gasteiger charge is 2.13. The van der Waals surface area contributed by atoms with Crippen LogP contribution in [0.5, 0.6) is 5.75 Å². The van der Waals surface area contributed by atoms with E-state index in [1.54, 1.807) is 0 Å². The van der Waals surface area contributed by atoms with Gasteiger partial charge >= 0.3 is 0 Å². The van der Waals surface area contributed by atoms with E-state index in [1.807, 2.05) is 11.8 Å². The predicted molar refractivity (Wildman–Crippen MR) is 61.0 cm³/mol. The van der Waals surface area contributed by atoms with Crippen LogP contribution in [0, 0.1) is 11.6 Å². The average Bonchev–Trinajstić information content (AvgIpc) is 2.32. The molecule has 1 aromatic rings. The van der Waals surface area contributed by atoms with Gasteiger partial charge in [0.15, 0.2) is 11.6 Å². The second-order valence-corrected chi connectivity index (χ2v) is 4.76. The predicted octanol–water partition coefficient (Wildman–Crippen LogP) is 2.05. The molecule has 1 aliphatic rings. The lowest BCUT2D eigenvalue weighted by molar-refractivity contribution is 0.274. The summed E-state index contributed by atoms with van der Waals surface area (Å²) in [5.74, 6) is 0.754. The van der Waals surface area contributed by atoms with Crippen LogP contribution in [0.4, 0.5) is 8.78 Å². The summed E-state index contributed by atoms with van der Waals surface area (Å²) in [5.41, 5.74) is 0. The van der Waals surface area contributed by atoms with E-state index in [4.69, 9.17) is 4.74 Å². The standard InChI is InChI=1S/C11H13F2NOS/c12-10-2-1-9(5-11(10)13)15-6-8-7-16-4-3-14-8/h1-2,5,8,14H,3-4,6-7H2. The van der Waals surface area contributed by atoms with Crippen LogP contribution in [0.1, 0.15) is 0 Å². The van der Waals surface area contributed by atoms with Gasteiger partial charge in [0.05, 0.1) is 6.04 Å². The highest BCUT2D eigenvalue weighted by molar-refractivity contribution is 7.99. The van der Waals surface area contributed by atoms with E-state index in [2.05, 4.69) is 5.32 Å². The SMILES string of the molecule is Fc1ccc(OCC2CSCCN2)cc1F. The first-order chi connectivity index (χ1) is 7.75. The summed E-state index contributed by atoms with van der Waals surface area (Å²) in [7, 11) is 0. The van der Waals surface area contributed by atoms with E-state index in [1.165, 1.54) is 6.07 Å². The Labute approximate surface area is 97.4 Å². The Bertz CT molecular complexity index is 356. The van der Waals surface area contributed by atoms with Crippen molar-refractivity contribution in [3.63, 3.8) is 0 Å². The molecule has 1 aromatic carbocycles. The number of rotatable bonds is 3. The zero-order chi connectivity index (χ0) is 11.4. The third-order valence-electron chi connectivity index (χ3n) is 2.34. The molecule has 0 aliphatic carbocycles. The van der Waals surface area contributed by atoms with E-state index >= 15 is 0 Å². The summed E-state index contributed by atoms with van der Waals surface area (Å²) < 4.78 is 30.9. The summed E-state index contributed by atoms with van der Waals surface area (Å²) in [5, 5.41) is 3.30. The Morgan fingerprint density at radius 2 is 2.25 bits per heavy atom. The second kappa shape index (κ2) is 5.50. The van der Waals surface area contributed by atoms with E-state index in [0.717, 1.165) is 30.2 Å². The summed E-state index contributed by atoms with van der Waals surface area (Å²) >= 11 is 1.87. The smallest absolute Gasteiger partial charge is 0.162 e. The molecule has 0 aromatic heterocycles. The first kappa shape index (κ1) is 11.7. The van der Waals surface area contributed by atoms with Crippen molar-refractivity contribution in [2.75, 3.05) is 24.7 Å². The molecular formula is C11H13F2NOS. The molecule has 1 fully saturated rings. The Hall–Kier alpha value is -0.810. The first-order valence-corrected chi connectivity index (χ1v) is 6.30. The zero-order valence-electron chi connectivity index (χ0n) is 8.71. The third kappa shape index (κ3) is 3.09. The van der Waals surface area contributed by atoms with Crippen LogP contribution in [0.15, 0.2) is 18.2 Å². The Morgan fingerprint density at radius 3 is 2.94 bits per heavy atom. The van der Waals surface area contributed by atoms with Gasteiger partial charge in [0, 0.05) is 24.1 Å². The largest absolute Gasteiger partial charge is 0.492 e. The lowest BCUT2D eigenvalue weighted by Crippen LogP contribution is -2.41. The average molecular weight is 245 g/mol. The van der Waals surface area contributed by atoms with E-state index in [0.29, 0.717) is 12.4 Å². The van der Waals surface area contributed by atoms with Crippen LogP contribution in [0.3, 0.4) is 0 Å². The number of benzene rings is 1. The second-order valence-electron chi connectivity index (χ2n) is 3.61. The van der Waals surface area contributed by atoms with E-state index < -0.39 is 11.6 Å².